The van der Waals surface area contributed by atoms with Gasteiger partial charge in [0.15, 0.2) is 12.0 Å². The molecular formula is C21H24N4O3. The van der Waals surface area contributed by atoms with Gasteiger partial charge in [0.2, 0.25) is 0 Å². The molecule has 1 aromatic rings. The quantitative estimate of drug-likeness (QED) is 0.353. The molecule has 4 rings (SSSR count). The van der Waals surface area contributed by atoms with E-state index < -0.39 is 5.91 Å². The summed E-state index contributed by atoms with van der Waals surface area (Å²) < 4.78 is 11.3. The predicted molar refractivity (Wildman–Crippen MR) is 107 cm³/mol. The Bertz CT molecular complexity index is 850. The van der Waals surface area contributed by atoms with Crippen molar-refractivity contribution >= 4 is 23.5 Å². The van der Waals surface area contributed by atoms with Crippen molar-refractivity contribution in [2.75, 3.05) is 25.1 Å². The Morgan fingerprint density at radius 1 is 1.32 bits per heavy atom. The van der Waals surface area contributed by atoms with Crippen LogP contribution in [0.15, 0.2) is 34.4 Å². The fourth-order valence-electron chi connectivity index (χ4n) is 2.86. The monoisotopic (exact) mass is 380 g/mol. The molecule has 0 aromatic heterocycles. The Morgan fingerprint density at radius 3 is 2.79 bits per heavy atom. The first-order chi connectivity index (χ1) is 13.7. The lowest BCUT2D eigenvalue weighted by molar-refractivity contribution is -0.201. The number of ether oxygens (including phenoxy) is 2. The third kappa shape index (κ3) is 4.97. The molecule has 3 fully saturated rings. The largest absolute Gasteiger partial charge is 0.350 e. The summed E-state index contributed by atoms with van der Waals surface area (Å²) in [5.41, 5.74) is 1.78. The highest BCUT2D eigenvalue weighted by Gasteiger charge is 2.46. The van der Waals surface area contributed by atoms with Gasteiger partial charge in [0.05, 0.1) is 26.0 Å². The van der Waals surface area contributed by atoms with Crippen LogP contribution in [0.1, 0.15) is 31.2 Å². The Morgan fingerprint density at radius 2 is 2.11 bits per heavy atom. The number of carbonyl (C=O) groups excluding carboxylic acids is 1. The highest BCUT2D eigenvalue weighted by molar-refractivity contribution is 6.63. The molecule has 1 aliphatic heterocycles. The van der Waals surface area contributed by atoms with Gasteiger partial charge in [-0.05, 0) is 43.9 Å². The number of benzene rings is 1. The maximum Gasteiger partial charge on any atom is 0.277 e. The van der Waals surface area contributed by atoms with Crippen LogP contribution in [0.2, 0.25) is 0 Å². The van der Waals surface area contributed by atoms with Gasteiger partial charge in [0.25, 0.3) is 5.91 Å². The number of hydrogen-bond acceptors (Lipinski definition) is 6. The molecular weight excluding hydrogens is 356 g/mol. The van der Waals surface area contributed by atoms with Gasteiger partial charge in [-0.15, -0.1) is 0 Å². The molecule has 1 aromatic carbocycles. The van der Waals surface area contributed by atoms with Crippen molar-refractivity contribution in [3.63, 3.8) is 0 Å². The van der Waals surface area contributed by atoms with Crippen LogP contribution in [0.3, 0.4) is 0 Å². The van der Waals surface area contributed by atoms with Crippen LogP contribution < -0.4 is 11.2 Å². The highest BCUT2D eigenvalue weighted by atomic mass is 16.7. The molecule has 7 heteroatoms. The van der Waals surface area contributed by atoms with Gasteiger partial charge >= 0.3 is 0 Å². The van der Waals surface area contributed by atoms with Crippen LogP contribution in [0.25, 0.3) is 0 Å². The molecule has 0 bridgehead atoms. The topological polar surface area (TPSA) is 98.3 Å². The number of nitrogens with two attached hydrogens (primary N) is 1. The summed E-state index contributed by atoms with van der Waals surface area (Å²) >= 11 is 0. The van der Waals surface area contributed by atoms with Gasteiger partial charge in [-0.3, -0.25) is 9.79 Å². The van der Waals surface area contributed by atoms with Crippen LogP contribution in [0.4, 0.5) is 5.69 Å². The second-order valence-electron chi connectivity index (χ2n) is 7.64. The van der Waals surface area contributed by atoms with E-state index in [1.54, 1.807) is 6.07 Å². The van der Waals surface area contributed by atoms with Crippen LogP contribution in [-0.2, 0) is 14.3 Å². The van der Waals surface area contributed by atoms with Crippen molar-refractivity contribution < 1.29 is 14.3 Å². The van der Waals surface area contributed by atoms with Crippen molar-refractivity contribution in [2.45, 2.75) is 32.0 Å². The number of hydrazone groups is 1. The molecule has 1 amide bonds. The summed E-state index contributed by atoms with van der Waals surface area (Å²) in [4.78, 5) is 16.6. The molecule has 0 unspecified atom stereocenters. The van der Waals surface area contributed by atoms with E-state index >= 15 is 0 Å². The Balaban J connectivity index is 1.29. The second kappa shape index (κ2) is 8.13. The van der Waals surface area contributed by atoms with Gasteiger partial charge in [-0.1, -0.05) is 17.9 Å². The Labute approximate surface area is 164 Å². The number of aliphatic imine (C=N–C) groups is 1. The van der Waals surface area contributed by atoms with E-state index in [2.05, 4.69) is 27.3 Å². The minimum Gasteiger partial charge on any atom is -0.350 e. The molecule has 0 atom stereocenters. The average molecular weight is 380 g/mol. The number of nitrogens with zero attached hydrogens (tertiary/aromatic N) is 2. The minimum absolute atomic E-state index is 0.0314. The zero-order valence-electron chi connectivity index (χ0n) is 15.7. The molecule has 28 heavy (non-hydrogen) atoms. The zero-order chi connectivity index (χ0) is 19.4. The van der Waals surface area contributed by atoms with E-state index in [9.17, 15) is 4.79 Å². The van der Waals surface area contributed by atoms with Gasteiger partial charge < -0.3 is 20.6 Å². The number of rotatable bonds is 5. The molecule has 3 N–H and O–H groups in total. The van der Waals surface area contributed by atoms with E-state index in [0.717, 1.165) is 5.56 Å². The Hall–Kier alpha value is -2.69. The maximum absolute atomic E-state index is 12.4. The first-order valence-corrected chi connectivity index (χ1v) is 9.60. The molecule has 1 heterocycles. The van der Waals surface area contributed by atoms with Crippen LogP contribution in [-0.4, -0.2) is 43.9 Å². The van der Waals surface area contributed by atoms with E-state index in [1.807, 2.05) is 18.2 Å². The molecule has 1 spiro atoms. The highest BCUT2D eigenvalue weighted by Crippen LogP contribution is 2.48. The lowest BCUT2D eigenvalue weighted by atomic mass is 10.1. The number of nitrogens with one attached hydrogen (secondary N) is 1. The number of hydrogen-bond donors (Lipinski definition) is 2. The molecule has 7 nitrogen and oxygen atoms in total. The lowest BCUT2D eigenvalue weighted by Gasteiger charge is -2.28. The van der Waals surface area contributed by atoms with E-state index in [4.69, 9.17) is 15.3 Å². The summed E-state index contributed by atoms with van der Waals surface area (Å²) in [5.74, 6) is 11.8. The first kappa shape index (κ1) is 18.7. The molecule has 2 saturated carbocycles. The van der Waals surface area contributed by atoms with Crippen molar-refractivity contribution in [3.8, 4) is 11.8 Å². The number of anilines is 1. The van der Waals surface area contributed by atoms with Crippen LogP contribution in [0.5, 0.6) is 0 Å². The standard InChI is InChI=1S/C21H24N4O3/c22-25-18(11-23-12-19-27-13-21(8-9-21)14-28-19)20(26)24-17-3-1-2-16(10-17)7-6-15-4-5-15/h1-3,10-11,15,19H,4-5,8-9,12-14,22H2,(H,24,26). The summed E-state index contributed by atoms with van der Waals surface area (Å²) in [7, 11) is 0. The normalized spacial score (nSPS) is 21.4. The molecule has 2 aliphatic carbocycles. The lowest BCUT2D eigenvalue weighted by Crippen LogP contribution is -2.35. The maximum atomic E-state index is 12.4. The number of carbonyl (C=O) groups is 1. The summed E-state index contributed by atoms with van der Waals surface area (Å²) in [6.45, 7) is 1.73. The average Bonchev–Trinajstić information content (AvgIpc) is 3.63. The number of amides is 1. The van der Waals surface area contributed by atoms with Crippen LogP contribution >= 0.6 is 0 Å². The molecule has 1 saturated heterocycles. The fraction of sp³-hybridized carbons (Fsp3) is 0.476. The van der Waals surface area contributed by atoms with Crippen LogP contribution in [0, 0.1) is 23.2 Å². The van der Waals surface area contributed by atoms with Gasteiger partial charge in [0, 0.05) is 22.6 Å². The Kier molecular flexibility index (Phi) is 5.42. The smallest absolute Gasteiger partial charge is 0.277 e. The van der Waals surface area contributed by atoms with E-state index in [1.165, 1.54) is 31.9 Å². The zero-order valence-corrected chi connectivity index (χ0v) is 15.7. The first-order valence-electron chi connectivity index (χ1n) is 9.60. The van der Waals surface area contributed by atoms with Crippen molar-refractivity contribution in [1.82, 2.24) is 0 Å². The summed E-state index contributed by atoms with van der Waals surface area (Å²) in [6.07, 6.45) is 5.65. The molecule has 3 aliphatic rings. The van der Waals surface area contributed by atoms with Gasteiger partial charge in [-0.25, -0.2) is 0 Å². The van der Waals surface area contributed by atoms with E-state index in [0.29, 0.717) is 31.4 Å². The summed E-state index contributed by atoms with van der Waals surface area (Å²) in [5, 5.41) is 6.31. The predicted octanol–water partition coefficient (Wildman–Crippen LogP) is 1.93. The third-order valence-electron chi connectivity index (χ3n) is 5.07. The fourth-order valence-corrected chi connectivity index (χ4v) is 2.86. The van der Waals surface area contributed by atoms with Crippen molar-refractivity contribution in [1.29, 1.82) is 0 Å². The molecule has 0 radical (unpaired) electrons. The van der Waals surface area contributed by atoms with Crippen molar-refractivity contribution in [2.24, 2.45) is 27.3 Å². The second-order valence-corrected chi connectivity index (χ2v) is 7.64. The minimum atomic E-state index is -0.430. The third-order valence-corrected chi connectivity index (χ3v) is 5.07. The van der Waals surface area contributed by atoms with Gasteiger partial charge in [-0.2, -0.15) is 5.10 Å². The van der Waals surface area contributed by atoms with Gasteiger partial charge in [0.1, 0.15) is 0 Å². The molecule has 146 valence electrons. The van der Waals surface area contributed by atoms with Crippen molar-refractivity contribution in [3.05, 3.63) is 29.8 Å². The summed E-state index contributed by atoms with van der Waals surface area (Å²) in [6, 6.07) is 7.39. The SMILES string of the molecule is NN=C(C=NCC1OCC2(CC2)CO1)C(=O)Nc1cccc(C#CC2CC2)c1. The van der Waals surface area contributed by atoms with E-state index in [-0.39, 0.29) is 17.4 Å².